The van der Waals surface area contributed by atoms with Gasteiger partial charge in [0.2, 0.25) is 0 Å². The fourth-order valence-electron chi connectivity index (χ4n) is 2.48. The first-order valence-electron chi connectivity index (χ1n) is 9.00. The molecule has 0 saturated heterocycles. The average Bonchev–Trinajstić information content (AvgIpc) is 2.62. The minimum atomic E-state index is 0.447. The predicted molar refractivity (Wildman–Crippen MR) is 121 cm³/mol. The topological polar surface area (TPSA) is 34.0 Å². The number of halogens is 4. The smallest absolute Gasteiger partial charge is 0.123 e. The molecule has 7 heteroatoms. The van der Waals surface area contributed by atoms with Gasteiger partial charge >= 0.3 is 0 Å². The van der Waals surface area contributed by atoms with E-state index >= 15 is 0 Å². The van der Waals surface area contributed by atoms with Crippen molar-refractivity contribution in [3.8, 4) is 5.75 Å². The molecular weight excluding hydrogens is 515 g/mol. The summed E-state index contributed by atoms with van der Waals surface area (Å²) in [6.07, 6.45) is 7.43. The Balaban J connectivity index is 1.97. The van der Waals surface area contributed by atoms with Crippen LogP contribution in [-0.2, 0) is 0 Å². The summed E-state index contributed by atoms with van der Waals surface area (Å²) in [4.78, 5) is 0. The minimum absolute atomic E-state index is 0.447. The van der Waals surface area contributed by atoms with Gasteiger partial charge in [-0.05, 0) is 62.5 Å². The number of ether oxygens (including phenoxy) is 1. The van der Waals surface area contributed by atoms with Crippen molar-refractivity contribution >= 4 is 66.4 Å². The maximum Gasteiger partial charge on any atom is 0.123 e. The molecule has 0 heterocycles. The van der Waals surface area contributed by atoms with Crippen molar-refractivity contribution in [3.05, 3.63) is 49.3 Å². The van der Waals surface area contributed by atoms with E-state index in [4.69, 9.17) is 27.9 Å². The first-order valence-corrected chi connectivity index (χ1v) is 11.3. The molecule has 27 heavy (non-hydrogen) atoms. The Bertz CT molecular complexity index is 741. The van der Waals surface area contributed by atoms with E-state index in [1.165, 1.54) is 32.1 Å². The van der Waals surface area contributed by atoms with Crippen LogP contribution in [0.15, 0.2) is 49.5 Å². The summed E-state index contributed by atoms with van der Waals surface area (Å²) in [5.41, 5.74) is 1.10. The Morgan fingerprint density at radius 3 is 2.04 bits per heavy atom. The van der Waals surface area contributed by atoms with Crippen LogP contribution in [0, 0.1) is 0 Å². The summed E-state index contributed by atoms with van der Waals surface area (Å²) in [5, 5.41) is 9.39. The Kier molecular flexibility index (Phi) is 10.1. The Hall–Kier alpha value is -0.620. The summed E-state index contributed by atoms with van der Waals surface area (Å²) in [7, 11) is 0. The highest BCUT2D eigenvalue weighted by molar-refractivity contribution is 9.11. The third-order valence-corrected chi connectivity index (χ3v) is 5.76. The van der Waals surface area contributed by atoms with Gasteiger partial charge in [0.05, 0.1) is 16.7 Å². The molecular formula is C20H22Br2Cl2N2O. The van der Waals surface area contributed by atoms with Gasteiger partial charge in [-0.1, -0.05) is 68.3 Å². The number of azo groups is 1. The van der Waals surface area contributed by atoms with Crippen LogP contribution < -0.4 is 4.74 Å². The van der Waals surface area contributed by atoms with Gasteiger partial charge in [0.1, 0.15) is 17.1 Å². The lowest BCUT2D eigenvalue weighted by Crippen LogP contribution is -1.97. The van der Waals surface area contributed by atoms with Crippen molar-refractivity contribution in [2.24, 2.45) is 10.2 Å². The molecule has 0 atom stereocenters. The molecule has 146 valence electrons. The average molecular weight is 537 g/mol. The number of hydrogen-bond acceptors (Lipinski definition) is 3. The van der Waals surface area contributed by atoms with Crippen molar-refractivity contribution in [1.29, 1.82) is 0 Å². The lowest BCUT2D eigenvalue weighted by Gasteiger charge is -2.09. The van der Waals surface area contributed by atoms with Crippen LogP contribution in [0.3, 0.4) is 0 Å². The SMILES string of the molecule is CCCCCCCCOc1cc(Br)c(N=Nc2c(Cl)cccc2Cl)c(Br)c1. The third-order valence-electron chi connectivity index (χ3n) is 3.94. The summed E-state index contributed by atoms with van der Waals surface area (Å²) < 4.78 is 7.41. The molecule has 0 spiro atoms. The molecule has 0 unspecified atom stereocenters. The molecule has 3 nitrogen and oxygen atoms in total. The summed E-state index contributed by atoms with van der Waals surface area (Å²) in [6, 6.07) is 9.01. The van der Waals surface area contributed by atoms with Crippen LogP contribution in [0.5, 0.6) is 5.75 Å². The number of hydrogen-bond donors (Lipinski definition) is 0. The van der Waals surface area contributed by atoms with Crippen molar-refractivity contribution in [2.75, 3.05) is 6.61 Å². The van der Waals surface area contributed by atoms with E-state index in [-0.39, 0.29) is 0 Å². The fourth-order valence-corrected chi connectivity index (χ4v) is 4.25. The number of benzene rings is 2. The Morgan fingerprint density at radius 2 is 1.41 bits per heavy atom. The van der Waals surface area contributed by atoms with Gasteiger partial charge in [0, 0.05) is 8.95 Å². The molecule has 0 aromatic heterocycles. The molecule has 2 rings (SSSR count). The van der Waals surface area contributed by atoms with Gasteiger partial charge in [0.15, 0.2) is 0 Å². The highest BCUT2D eigenvalue weighted by Crippen LogP contribution is 2.40. The van der Waals surface area contributed by atoms with E-state index in [2.05, 4.69) is 49.0 Å². The van der Waals surface area contributed by atoms with E-state index < -0.39 is 0 Å². The van der Waals surface area contributed by atoms with Crippen LogP contribution >= 0.6 is 55.1 Å². The number of rotatable bonds is 10. The van der Waals surface area contributed by atoms with Crippen LogP contribution in [0.1, 0.15) is 45.4 Å². The van der Waals surface area contributed by atoms with Gasteiger partial charge < -0.3 is 4.74 Å². The van der Waals surface area contributed by atoms with Crippen LogP contribution in [0.25, 0.3) is 0 Å². The molecule has 0 fully saturated rings. The molecule has 0 bridgehead atoms. The molecule has 0 aliphatic rings. The number of nitrogens with zero attached hydrogens (tertiary/aromatic N) is 2. The molecule has 0 aliphatic heterocycles. The van der Waals surface area contributed by atoms with Gasteiger partial charge in [-0.3, -0.25) is 0 Å². The first kappa shape index (κ1) is 22.7. The van der Waals surface area contributed by atoms with E-state index in [1.807, 2.05) is 12.1 Å². The van der Waals surface area contributed by atoms with Crippen molar-refractivity contribution in [3.63, 3.8) is 0 Å². The van der Waals surface area contributed by atoms with Crippen LogP contribution in [0.4, 0.5) is 11.4 Å². The van der Waals surface area contributed by atoms with Crippen molar-refractivity contribution in [2.45, 2.75) is 45.4 Å². The molecule has 2 aromatic carbocycles. The van der Waals surface area contributed by atoms with Crippen molar-refractivity contribution in [1.82, 2.24) is 0 Å². The van der Waals surface area contributed by atoms with E-state index in [9.17, 15) is 0 Å². The quantitative estimate of drug-likeness (QED) is 0.220. The predicted octanol–water partition coefficient (Wildman–Crippen LogP) is 9.67. The molecule has 0 aliphatic carbocycles. The van der Waals surface area contributed by atoms with Crippen LogP contribution in [-0.4, -0.2) is 6.61 Å². The molecule has 0 saturated carbocycles. The molecule has 0 amide bonds. The van der Waals surface area contributed by atoms with Crippen LogP contribution in [0.2, 0.25) is 10.0 Å². The third kappa shape index (κ3) is 7.37. The summed E-state index contributed by atoms with van der Waals surface area (Å²) >= 11 is 19.3. The highest BCUT2D eigenvalue weighted by Gasteiger charge is 2.10. The normalized spacial score (nSPS) is 11.3. The fraction of sp³-hybridized carbons (Fsp3) is 0.400. The van der Waals surface area contributed by atoms with Gasteiger partial charge in [0.25, 0.3) is 0 Å². The summed E-state index contributed by atoms with van der Waals surface area (Å²) in [5.74, 6) is 0.789. The zero-order valence-corrected chi connectivity index (χ0v) is 19.8. The standard InChI is InChI=1S/C20H22Br2Cl2N2O/c1-2-3-4-5-6-7-11-27-14-12-15(21)19(16(22)13-14)25-26-20-17(23)9-8-10-18(20)24/h8-10,12-13H,2-7,11H2,1H3. The molecule has 0 N–H and O–H groups in total. The minimum Gasteiger partial charge on any atom is -0.494 e. The highest BCUT2D eigenvalue weighted by atomic mass is 79.9. The Morgan fingerprint density at radius 1 is 0.852 bits per heavy atom. The molecule has 2 aromatic rings. The zero-order chi connectivity index (χ0) is 19.6. The van der Waals surface area contributed by atoms with Crippen molar-refractivity contribution < 1.29 is 4.74 Å². The maximum absolute atomic E-state index is 6.13. The summed E-state index contributed by atoms with van der Waals surface area (Å²) in [6.45, 7) is 2.94. The largest absolute Gasteiger partial charge is 0.494 e. The second-order valence-corrected chi connectivity index (χ2v) is 8.65. The first-order chi connectivity index (χ1) is 13.0. The lowest BCUT2D eigenvalue weighted by molar-refractivity contribution is 0.304. The maximum atomic E-state index is 6.13. The van der Waals surface area contributed by atoms with E-state index in [0.29, 0.717) is 28.0 Å². The van der Waals surface area contributed by atoms with Gasteiger partial charge in [-0.15, -0.1) is 10.2 Å². The monoisotopic (exact) mass is 534 g/mol. The second-order valence-electron chi connectivity index (χ2n) is 6.12. The lowest BCUT2D eigenvalue weighted by atomic mass is 10.1. The van der Waals surface area contributed by atoms with E-state index in [1.54, 1.807) is 18.2 Å². The van der Waals surface area contributed by atoms with Gasteiger partial charge in [-0.25, -0.2) is 0 Å². The Labute approximate surface area is 187 Å². The van der Waals surface area contributed by atoms with Gasteiger partial charge in [-0.2, -0.15) is 0 Å². The number of unbranched alkanes of at least 4 members (excludes halogenated alkanes) is 5. The van der Waals surface area contributed by atoms with E-state index in [0.717, 1.165) is 21.1 Å². The second kappa shape index (κ2) is 12.1. The molecule has 0 radical (unpaired) electrons. The zero-order valence-electron chi connectivity index (χ0n) is 15.2.